The highest BCUT2D eigenvalue weighted by Gasteiger charge is 2.31. The molecular weight excluding hydrogens is 184 g/mol. The number of rotatable bonds is 4. The maximum atomic E-state index is 5.24. The van der Waals surface area contributed by atoms with Crippen LogP contribution in [0, 0.1) is 6.42 Å². The molecule has 0 unspecified atom stereocenters. The van der Waals surface area contributed by atoms with Crippen LogP contribution in [0.4, 0.5) is 0 Å². The molecule has 0 heterocycles. The normalized spacial score (nSPS) is 19.7. The molecule has 1 rings (SSSR count). The molecule has 1 aliphatic carbocycles. The van der Waals surface area contributed by atoms with E-state index in [1.165, 1.54) is 0 Å². The van der Waals surface area contributed by atoms with E-state index in [0.717, 1.165) is 0 Å². The fourth-order valence-electron chi connectivity index (χ4n) is 1.22. The van der Waals surface area contributed by atoms with E-state index in [1.54, 1.807) is 47.0 Å². The Hall–Kier alpha value is -1.00. The highest BCUT2D eigenvalue weighted by molar-refractivity contribution is 5.33. The predicted octanol–water partition coefficient (Wildman–Crippen LogP) is 1.25. The lowest BCUT2D eigenvalue weighted by atomic mass is 10.1. The van der Waals surface area contributed by atoms with E-state index in [9.17, 15) is 0 Å². The number of ether oxygens (including phenoxy) is 4. The SMILES string of the molecule is COC1=CC(OC)(OC)C=C(OC)[CH]1. The third-order valence-electron chi connectivity index (χ3n) is 2.08. The first kappa shape index (κ1) is 11.1. The third kappa shape index (κ3) is 2.08. The third-order valence-corrected chi connectivity index (χ3v) is 2.08. The molecule has 0 spiro atoms. The molecule has 0 aromatic rings. The lowest BCUT2D eigenvalue weighted by molar-refractivity contribution is -0.137. The van der Waals surface area contributed by atoms with Gasteiger partial charge in [0.2, 0.25) is 5.79 Å². The molecule has 0 fully saturated rings. The maximum absolute atomic E-state index is 5.24. The van der Waals surface area contributed by atoms with Gasteiger partial charge >= 0.3 is 0 Å². The van der Waals surface area contributed by atoms with Crippen molar-refractivity contribution in [3.63, 3.8) is 0 Å². The number of hydrogen-bond acceptors (Lipinski definition) is 4. The van der Waals surface area contributed by atoms with E-state index in [4.69, 9.17) is 18.9 Å². The first-order valence-corrected chi connectivity index (χ1v) is 4.18. The number of methoxy groups -OCH3 is 4. The van der Waals surface area contributed by atoms with Crippen molar-refractivity contribution >= 4 is 0 Å². The van der Waals surface area contributed by atoms with Crippen molar-refractivity contribution in [2.75, 3.05) is 28.4 Å². The van der Waals surface area contributed by atoms with Crippen LogP contribution in [0.2, 0.25) is 0 Å². The first-order chi connectivity index (χ1) is 6.69. The zero-order valence-electron chi connectivity index (χ0n) is 8.87. The van der Waals surface area contributed by atoms with Crippen molar-refractivity contribution in [3.8, 4) is 0 Å². The van der Waals surface area contributed by atoms with Gasteiger partial charge in [0.1, 0.15) is 11.5 Å². The number of hydrogen-bond donors (Lipinski definition) is 0. The Bertz CT molecular complexity index is 229. The van der Waals surface area contributed by atoms with Crippen LogP contribution in [-0.2, 0) is 18.9 Å². The van der Waals surface area contributed by atoms with E-state index in [2.05, 4.69) is 0 Å². The molecule has 0 aliphatic heterocycles. The van der Waals surface area contributed by atoms with Crippen molar-refractivity contribution in [2.24, 2.45) is 0 Å². The van der Waals surface area contributed by atoms with Crippen LogP contribution in [0.5, 0.6) is 0 Å². The summed E-state index contributed by atoms with van der Waals surface area (Å²) in [5, 5.41) is 0. The maximum Gasteiger partial charge on any atom is 0.214 e. The molecule has 0 bridgehead atoms. The van der Waals surface area contributed by atoms with Crippen LogP contribution in [0.3, 0.4) is 0 Å². The fraction of sp³-hybridized carbons (Fsp3) is 0.500. The van der Waals surface area contributed by atoms with Crippen molar-refractivity contribution in [2.45, 2.75) is 5.79 Å². The standard InChI is InChI=1S/C10H15O4/c1-11-8-5-9(12-2)7-10(6-8,13-3)14-4/h5-7H,1-4H3. The summed E-state index contributed by atoms with van der Waals surface area (Å²) in [5.74, 6) is 0.395. The summed E-state index contributed by atoms with van der Waals surface area (Å²) in [7, 11) is 6.28. The average Bonchev–Trinajstić information content (AvgIpc) is 2.28. The van der Waals surface area contributed by atoms with Crippen LogP contribution >= 0.6 is 0 Å². The van der Waals surface area contributed by atoms with Gasteiger partial charge in [-0.25, -0.2) is 0 Å². The minimum absolute atomic E-state index is 0.646. The lowest BCUT2D eigenvalue weighted by Gasteiger charge is -2.29. The van der Waals surface area contributed by atoms with Crippen LogP contribution in [0.1, 0.15) is 0 Å². The van der Waals surface area contributed by atoms with E-state index in [1.807, 2.05) is 0 Å². The highest BCUT2D eigenvalue weighted by atomic mass is 16.7. The van der Waals surface area contributed by atoms with Crippen molar-refractivity contribution in [1.82, 2.24) is 0 Å². The summed E-state index contributed by atoms with van der Waals surface area (Å²) in [5.41, 5.74) is 0. The van der Waals surface area contributed by atoms with Crippen molar-refractivity contribution in [3.05, 3.63) is 30.1 Å². The molecule has 0 aromatic heterocycles. The molecule has 4 heteroatoms. The Morgan fingerprint density at radius 1 is 0.857 bits per heavy atom. The Morgan fingerprint density at radius 3 is 1.57 bits per heavy atom. The highest BCUT2D eigenvalue weighted by Crippen LogP contribution is 2.28. The van der Waals surface area contributed by atoms with Crippen LogP contribution in [0.25, 0.3) is 0 Å². The van der Waals surface area contributed by atoms with Gasteiger partial charge in [-0.1, -0.05) is 0 Å². The van der Waals surface area contributed by atoms with Crippen molar-refractivity contribution in [1.29, 1.82) is 0 Å². The lowest BCUT2D eigenvalue weighted by Crippen LogP contribution is -2.32. The van der Waals surface area contributed by atoms with E-state index < -0.39 is 5.79 Å². The molecule has 0 saturated carbocycles. The Labute approximate surface area is 84.1 Å². The largest absolute Gasteiger partial charge is 0.500 e. The van der Waals surface area contributed by atoms with E-state index in [0.29, 0.717) is 11.5 Å². The smallest absolute Gasteiger partial charge is 0.214 e. The molecule has 0 saturated heterocycles. The van der Waals surface area contributed by atoms with Crippen LogP contribution in [0.15, 0.2) is 23.7 Å². The summed E-state index contributed by atoms with van der Waals surface area (Å²) in [4.78, 5) is 0. The summed E-state index contributed by atoms with van der Waals surface area (Å²) in [6, 6.07) is 0. The van der Waals surface area contributed by atoms with Crippen molar-refractivity contribution < 1.29 is 18.9 Å². The first-order valence-electron chi connectivity index (χ1n) is 4.18. The zero-order valence-corrected chi connectivity index (χ0v) is 8.87. The van der Waals surface area contributed by atoms with Gasteiger partial charge in [-0.05, 0) is 0 Å². The van der Waals surface area contributed by atoms with E-state index in [-0.39, 0.29) is 0 Å². The monoisotopic (exact) mass is 199 g/mol. The zero-order chi connectivity index (χ0) is 10.6. The Morgan fingerprint density at radius 2 is 1.29 bits per heavy atom. The quantitative estimate of drug-likeness (QED) is 0.639. The van der Waals surface area contributed by atoms with Gasteiger partial charge in [0.25, 0.3) is 0 Å². The van der Waals surface area contributed by atoms with Gasteiger partial charge in [-0.15, -0.1) is 0 Å². The van der Waals surface area contributed by atoms with Gasteiger partial charge in [0.05, 0.1) is 20.6 Å². The molecule has 0 amide bonds. The summed E-state index contributed by atoms with van der Waals surface area (Å²) in [6.07, 6.45) is 5.22. The minimum atomic E-state index is -0.897. The Kier molecular flexibility index (Phi) is 3.55. The van der Waals surface area contributed by atoms with Gasteiger partial charge < -0.3 is 18.9 Å². The van der Waals surface area contributed by atoms with Crippen LogP contribution in [-0.4, -0.2) is 34.2 Å². The molecular formula is C10H15O4. The molecule has 79 valence electrons. The predicted molar refractivity (Wildman–Crippen MR) is 51.2 cm³/mol. The second-order valence-corrected chi connectivity index (χ2v) is 2.78. The van der Waals surface area contributed by atoms with Gasteiger partial charge in [0, 0.05) is 26.4 Å². The fourth-order valence-corrected chi connectivity index (χ4v) is 1.22. The molecule has 14 heavy (non-hydrogen) atoms. The van der Waals surface area contributed by atoms with Gasteiger partial charge in [0.15, 0.2) is 0 Å². The Balaban J connectivity index is 2.96. The summed E-state index contributed by atoms with van der Waals surface area (Å²) < 4.78 is 20.7. The topological polar surface area (TPSA) is 36.9 Å². The van der Waals surface area contributed by atoms with Gasteiger partial charge in [-0.3, -0.25) is 0 Å². The van der Waals surface area contributed by atoms with Gasteiger partial charge in [-0.2, -0.15) is 0 Å². The molecule has 0 aromatic carbocycles. The molecule has 1 aliphatic rings. The summed E-state index contributed by atoms with van der Waals surface area (Å²) >= 11 is 0. The summed E-state index contributed by atoms with van der Waals surface area (Å²) in [6.45, 7) is 0. The second-order valence-electron chi connectivity index (χ2n) is 2.78. The molecule has 1 radical (unpaired) electrons. The minimum Gasteiger partial charge on any atom is -0.500 e. The van der Waals surface area contributed by atoms with E-state index >= 15 is 0 Å². The average molecular weight is 199 g/mol. The molecule has 4 nitrogen and oxygen atoms in total. The molecule has 0 atom stereocenters. The second kappa shape index (κ2) is 4.48. The van der Waals surface area contributed by atoms with Crippen LogP contribution < -0.4 is 0 Å². The molecule has 0 N–H and O–H groups in total.